The van der Waals surface area contributed by atoms with E-state index in [-0.39, 0.29) is 11.3 Å². The lowest BCUT2D eigenvalue weighted by Gasteiger charge is -2.09. The molecular weight excluding hydrogens is 276 g/mol. The maximum Gasteiger partial charge on any atom is 0.266 e. The largest absolute Gasteiger partial charge is 0.398 e. The number of anilines is 1. The molecule has 1 aliphatic rings. The Hall–Kier alpha value is -2.08. The number of sulfonamides is 1. The van der Waals surface area contributed by atoms with Gasteiger partial charge in [0.25, 0.3) is 5.91 Å². The molecule has 1 fully saturated rings. The lowest BCUT2D eigenvalue weighted by atomic mass is 10.0. The molecule has 0 radical (unpaired) electrons. The minimum absolute atomic E-state index is 0.188. The van der Waals surface area contributed by atoms with Crippen molar-refractivity contribution in [3.8, 4) is 0 Å². The molecule has 0 unspecified atom stereocenters. The molecule has 6 heteroatoms. The quantitative estimate of drug-likeness (QED) is 0.841. The summed E-state index contributed by atoms with van der Waals surface area (Å²) in [5.74, 6) is -0.667. The second-order valence-electron chi connectivity index (χ2n) is 4.96. The first kappa shape index (κ1) is 12.9. The summed E-state index contributed by atoms with van der Waals surface area (Å²) in [6, 6.07) is 10.7. The maximum atomic E-state index is 12.1. The second kappa shape index (κ2) is 4.49. The highest BCUT2D eigenvalue weighted by Crippen LogP contribution is 2.28. The van der Waals surface area contributed by atoms with Crippen molar-refractivity contribution in [2.45, 2.75) is 18.1 Å². The van der Waals surface area contributed by atoms with Crippen LogP contribution in [-0.4, -0.2) is 19.6 Å². The summed E-state index contributed by atoms with van der Waals surface area (Å²) >= 11 is 0. The van der Waals surface area contributed by atoms with Crippen molar-refractivity contribution in [1.82, 2.24) is 4.72 Å². The van der Waals surface area contributed by atoms with Gasteiger partial charge < -0.3 is 5.73 Å². The fourth-order valence-corrected chi connectivity index (χ4v) is 3.39. The Morgan fingerprint density at radius 2 is 1.75 bits per heavy atom. The van der Waals surface area contributed by atoms with E-state index >= 15 is 0 Å². The summed E-state index contributed by atoms with van der Waals surface area (Å²) in [5, 5.41) is 1.32. The minimum Gasteiger partial charge on any atom is -0.398 e. The van der Waals surface area contributed by atoms with Gasteiger partial charge in [-0.15, -0.1) is 0 Å². The predicted molar refractivity (Wildman–Crippen MR) is 77.8 cm³/mol. The van der Waals surface area contributed by atoms with Gasteiger partial charge in [0.1, 0.15) is 0 Å². The Bertz CT molecular complexity index is 795. The average molecular weight is 290 g/mol. The van der Waals surface area contributed by atoms with E-state index in [0.29, 0.717) is 12.8 Å². The Morgan fingerprint density at radius 3 is 2.35 bits per heavy atom. The van der Waals surface area contributed by atoms with Gasteiger partial charge in [0, 0.05) is 5.69 Å². The van der Waals surface area contributed by atoms with Crippen LogP contribution in [0.3, 0.4) is 0 Å². The summed E-state index contributed by atoms with van der Waals surface area (Å²) in [7, 11) is -3.56. The summed E-state index contributed by atoms with van der Waals surface area (Å²) in [6.07, 6.45) is 1.21. The van der Waals surface area contributed by atoms with E-state index in [2.05, 4.69) is 4.72 Å². The Kier molecular flexibility index (Phi) is 2.90. The van der Waals surface area contributed by atoms with E-state index in [1.165, 1.54) is 0 Å². The lowest BCUT2D eigenvalue weighted by Crippen LogP contribution is -2.33. The first-order chi connectivity index (χ1) is 9.47. The first-order valence-electron chi connectivity index (χ1n) is 6.31. The number of nitrogens with two attached hydrogens (primary N) is 1. The molecular formula is C14H14N2O3S. The lowest BCUT2D eigenvalue weighted by molar-refractivity contribution is 0.0982. The van der Waals surface area contributed by atoms with Crippen molar-refractivity contribution in [1.29, 1.82) is 0 Å². The Balaban J connectivity index is 1.97. The van der Waals surface area contributed by atoms with Crippen molar-refractivity contribution >= 4 is 32.4 Å². The van der Waals surface area contributed by atoms with E-state index in [4.69, 9.17) is 5.73 Å². The molecule has 3 N–H and O–H groups in total. The van der Waals surface area contributed by atoms with E-state index in [0.717, 1.165) is 10.8 Å². The van der Waals surface area contributed by atoms with Crippen LogP contribution in [0.15, 0.2) is 36.4 Å². The van der Waals surface area contributed by atoms with Gasteiger partial charge in [0.2, 0.25) is 10.0 Å². The summed E-state index contributed by atoms with van der Waals surface area (Å²) in [5.41, 5.74) is 6.30. The second-order valence-corrected chi connectivity index (χ2v) is 6.92. The molecule has 0 atom stereocenters. The van der Waals surface area contributed by atoms with Crippen LogP contribution in [0.5, 0.6) is 0 Å². The molecule has 2 aromatic carbocycles. The number of nitrogens with one attached hydrogen (secondary N) is 1. The zero-order valence-electron chi connectivity index (χ0n) is 10.7. The number of benzene rings is 2. The normalized spacial score (nSPS) is 15.2. The summed E-state index contributed by atoms with van der Waals surface area (Å²) in [4.78, 5) is 12.1. The fraction of sp³-hybridized carbons (Fsp3) is 0.214. The fourth-order valence-electron chi connectivity index (χ4n) is 2.10. The summed E-state index contributed by atoms with van der Waals surface area (Å²) in [6.45, 7) is 0. The number of carbonyl (C=O) groups is 1. The van der Waals surface area contributed by atoms with Crippen molar-refractivity contribution in [3.05, 3.63) is 42.0 Å². The third-order valence-electron chi connectivity index (χ3n) is 3.36. The minimum atomic E-state index is -3.56. The molecule has 2 aromatic rings. The van der Waals surface area contributed by atoms with Crippen LogP contribution < -0.4 is 10.5 Å². The number of amides is 1. The van der Waals surface area contributed by atoms with Gasteiger partial charge in [-0.3, -0.25) is 4.79 Å². The van der Waals surface area contributed by atoms with E-state index < -0.39 is 21.2 Å². The smallest absolute Gasteiger partial charge is 0.266 e. The average Bonchev–Trinajstić information content (AvgIpc) is 3.21. The highest BCUT2D eigenvalue weighted by Gasteiger charge is 2.37. The number of carbonyl (C=O) groups excluding carboxylic acids is 1. The molecule has 3 rings (SSSR count). The van der Waals surface area contributed by atoms with Gasteiger partial charge in [-0.2, -0.15) is 0 Å². The molecule has 5 nitrogen and oxygen atoms in total. The molecule has 104 valence electrons. The van der Waals surface area contributed by atoms with Crippen molar-refractivity contribution in [2.75, 3.05) is 5.73 Å². The van der Waals surface area contributed by atoms with Gasteiger partial charge in [0.05, 0.1) is 10.8 Å². The van der Waals surface area contributed by atoms with Crippen molar-refractivity contribution < 1.29 is 13.2 Å². The molecule has 0 heterocycles. The molecule has 1 saturated carbocycles. The predicted octanol–water partition coefficient (Wildman–Crippen LogP) is 1.64. The van der Waals surface area contributed by atoms with Crippen LogP contribution in [0.25, 0.3) is 10.8 Å². The molecule has 20 heavy (non-hydrogen) atoms. The van der Waals surface area contributed by atoms with E-state index in [1.807, 2.05) is 24.3 Å². The molecule has 0 saturated heterocycles. The van der Waals surface area contributed by atoms with Crippen LogP contribution >= 0.6 is 0 Å². The van der Waals surface area contributed by atoms with E-state index in [1.54, 1.807) is 12.1 Å². The highest BCUT2D eigenvalue weighted by atomic mass is 32.2. The van der Waals surface area contributed by atoms with Crippen molar-refractivity contribution in [3.63, 3.8) is 0 Å². The molecule has 1 amide bonds. The van der Waals surface area contributed by atoms with Gasteiger partial charge in [-0.05, 0) is 35.7 Å². The molecule has 0 bridgehead atoms. The summed E-state index contributed by atoms with van der Waals surface area (Å²) < 4.78 is 25.7. The number of rotatable bonds is 3. The zero-order chi connectivity index (χ0) is 14.3. The number of hydrogen-bond acceptors (Lipinski definition) is 4. The monoisotopic (exact) mass is 290 g/mol. The maximum absolute atomic E-state index is 12.1. The van der Waals surface area contributed by atoms with Crippen LogP contribution in [0.2, 0.25) is 0 Å². The molecule has 1 aliphatic carbocycles. The molecule has 0 aromatic heterocycles. The topological polar surface area (TPSA) is 89.3 Å². The Labute approximate surface area is 116 Å². The van der Waals surface area contributed by atoms with Gasteiger partial charge >= 0.3 is 0 Å². The zero-order valence-corrected chi connectivity index (χ0v) is 11.5. The third-order valence-corrected chi connectivity index (χ3v) is 5.18. The number of fused-ring (bicyclic) bond motifs is 1. The van der Waals surface area contributed by atoms with Gasteiger partial charge in [-0.1, -0.05) is 24.3 Å². The highest BCUT2D eigenvalue weighted by molar-refractivity contribution is 7.91. The molecule has 0 spiro atoms. The third kappa shape index (κ3) is 2.34. The number of nitrogen functional groups attached to an aromatic ring is 1. The van der Waals surface area contributed by atoms with Crippen LogP contribution in [0.1, 0.15) is 23.2 Å². The van der Waals surface area contributed by atoms with E-state index in [9.17, 15) is 13.2 Å². The molecule has 0 aliphatic heterocycles. The van der Waals surface area contributed by atoms with Crippen LogP contribution in [0, 0.1) is 0 Å². The standard InChI is InChI=1S/C14H14N2O3S/c15-13-8-10-4-2-1-3-9(10)7-12(13)14(17)16-20(18,19)11-5-6-11/h1-4,7-8,11H,5-6,15H2,(H,16,17). The van der Waals surface area contributed by atoms with Gasteiger partial charge in [-0.25, -0.2) is 13.1 Å². The van der Waals surface area contributed by atoms with Gasteiger partial charge in [0.15, 0.2) is 0 Å². The Morgan fingerprint density at radius 1 is 1.15 bits per heavy atom. The first-order valence-corrected chi connectivity index (χ1v) is 7.86. The van der Waals surface area contributed by atoms with Crippen LogP contribution in [0.4, 0.5) is 5.69 Å². The SMILES string of the molecule is Nc1cc2ccccc2cc1C(=O)NS(=O)(=O)C1CC1. The van der Waals surface area contributed by atoms with Crippen molar-refractivity contribution in [2.24, 2.45) is 0 Å². The number of hydrogen-bond donors (Lipinski definition) is 2. The van der Waals surface area contributed by atoms with Crippen LogP contribution in [-0.2, 0) is 10.0 Å².